The van der Waals surface area contributed by atoms with Crippen LogP contribution in [0.3, 0.4) is 0 Å². The van der Waals surface area contributed by atoms with Gasteiger partial charge < -0.3 is 15.7 Å². The molecule has 1 aliphatic rings. The Morgan fingerprint density at radius 1 is 1.58 bits per heavy atom. The number of rotatable bonds is 6. The summed E-state index contributed by atoms with van der Waals surface area (Å²) >= 11 is 0. The number of carbonyl (C=O) groups excluding carboxylic acids is 1. The van der Waals surface area contributed by atoms with E-state index in [0.29, 0.717) is 12.5 Å². The molecule has 0 radical (unpaired) electrons. The minimum atomic E-state index is -0.886. The molecule has 1 aliphatic carbocycles. The van der Waals surface area contributed by atoms with Gasteiger partial charge in [-0.15, -0.1) is 0 Å². The van der Waals surface area contributed by atoms with Gasteiger partial charge in [0.1, 0.15) is 0 Å². The van der Waals surface area contributed by atoms with Gasteiger partial charge in [-0.3, -0.25) is 9.89 Å². The maximum Gasteiger partial charge on any atom is 0.315 e. The first-order valence-corrected chi connectivity index (χ1v) is 6.31. The molecule has 0 spiro atoms. The van der Waals surface area contributed by atoms with Crippen LogP contribution < -0.4 is 10.6 Å². The number of nitrogens with one attached hydrogen (secondary N) is 3. The van der Waals surface area contributed by atoms with E-state index in [1.165, 1.54) is 0 Å². The molecular formula is C12H18N4O3. The predicted molar refractivity (Wildman–Crippen MR) is 67.5 cm³/mol. The highest BCUT2D eigenvalue weighted by atomic mass is 16.4. The van der Waals surface area contributed by atoms with Crippen LogP contribution in [0.2, 0.25) is 0 Å². The van der Waals surface area contributed by atoms with Gasteiger partial charge in [0.15, 0.2) is 0 Å². The fraction of sp³-hybridized carbons (Fsp3) is 0.583. The predicted octanol–water partition coefficient (Wildman–Crippen LogP) is 0.771. The molecule has 0 aromatic carbocycles. The summed E-state index contributed by atoms with van der Waals surface area (Å²) in [6.07, 6.45) is 3.60. The molecule has 1 unspecified atom stereocenters. The lowest BCUT2D eigenvalue weighted by atomic mass is 10.1. The molecule has 4 N–H and O–H groups in total. The van der Waals surface area contributed by atoms with E-state index in [4.69, 9.17) is 5.11 Å². The second kappa shape index (κ2) is 5.73. The molecule has 104 valence electrons. The van der Waals surface area contributed by atoms with Gasteiger partial charge in [0, 0.05) is 23.8 Å². The Morgan fingerprint density at radius 2 is 2.32 bits per heavy atom. The summed E-state index contributed by atoms with van der Waals surface area (Å²) in [6.45, 7) is 2.25. The van der Waals surface area contributed by atoms with Crippen molar-refractivity contribution in [3.63, 3.8) is 0 Å². The fourth-order valence-electron chi connectivity index (χ4n) is 1.97. The number of H-pyrrole nitrogens is 1. The summed E-state index contributed by atoms with van der Waals surface area (Å²) in [4.78, 5) is 22.5. The molecule has 19 heavy (non-hydrogen) atoms. The van der Waals surface area contributed by atoms with Crippen LogP contribution in [0.1, 0.15) is 30.5 Å². The molecule has 1 fully saturated rings. The Balaban J connectivity index is 1.79. The van der Waals surface area contributed by atoms with Crippen LogP contribution in [0.4, 0.5) is 4.79 Å². The number of nitrogens with zero attached hydrogens (tertiary/aromatic N) is 1. The van der Waals surface area contributed by atoms with Gasteiger partial charge in [0.05, 0.1) is 12.6 Å². The Hall–Kier alpha value is -2.05. The molecule has 1 saturated carbocycles. The zero-order valence-corrected chi connectivity index (χ0v) is 10.8. The number of amides is 2. The standard InChI is InChI=1S/C12H18N4O3/c1-7-9(6-14-16-7)5-13-12(19)15-10(4-11(17)18)8-2-3-8/h6,8,10H,2-5H2,1H3,(H,14,16)(H,17,18)(H2,13,15,19). The molecule has 7 nitrogen and oxygen atoms in total. The van der Waals surface area contributed by atoms with E-state index < -0.39 is 5.97 Å². The van der Waals surface area contributed by atoms with Gasteiger partial charge in [0.2, 0.25) is 0 Å². The van der Waals surface area contributed by atoms with E-state index in [-0.39, 0.29) is 18.5 Å². The molecule has 7 heteroatoms. The van der Waals surface area contributed by atoms with E-state index in [1.807, 2.05) is 6.92 Å². The van der Waals surface area contributed by atoms with Crippen molar-refractivity contribution < 1.29 is 14.7 Å². The van der Waals surface area contributed by atoms with Crippen molar-refractivity contribution in [2.45, 2.75) is 38.8 Å². The van der Waals surface area contributed by atoms with Crippen LogP contribution in [0.5, 0.6) is 0 Å². The van der Waals surface area contributed by atoms with E-state index in [0.717, 1.165) is 24.1 Å². The number of hydrogen-bond donors (Lipinski definition) is 4. The number of aryl methyl sites for hydroxylation is 1. The quantitative estimate of drug-likeness (QED) is 0.610. The number of aromatic amines is 1. The summed E-state index contributed by atoms with van der Waals surface area (Å²) in [5.41, 5.74) is 1.82. The number of aliphatic carboxylic acids is 1. The molecule has 1 heterocycles. The topological polar surface area (TPSA) is 107 Å². The second-order valence-corrected chi connectivity index (χ2v) is 4.89. The zero-order valence-electron chi connectivity index (χ0n) is 10.8. The summed E-state index contributed by atoms with van der Waals surface area (Å²) in [5, 5.41) is 20.9. The average molecular weight is 266 g/mol. The van der Waals surface area contributed by atoms with Crippen LogP contribution in [-0.2, 0) is 11.3 Å². The Bertz CT molecular complexity index is 467. The first-order valence-electron chi connectivity index (χ1n) is 6.31. The molecule has 0 saturated heterocycles. The summed E-state index contributed by atoms with van der Waals surface area (Å²) in [7, 11) is 0. The molecule has 0 bridgehead atoms. The van der Waals surface area contributed by atoms with Gasteiger partial charge in [-0.1, -0.05) is 0 Å². The Labute approximate surface area is 110 Å². The van der Waals surface area contributed by atoms with Crippen LogP contribution in [0.25, 0.3) is 0 Å². The number of carboxylic acid groups (broad SMARTS) is 1. The van der Waals surface area contributed by atoms with Crippen molar-refractivity contribution in [1.82, 2.24) is 20.8 Å². The third kappa shape index (κ3) is 3.97. The number of hydrogen-bond acceptors (Lipinski definition) is 3. The maximum atomic E-state index is 11.7. The normalized spacial score (nSPS) is 15.8. The highest BCUT2D eigenvalue weighted by molar-refractivity contribution is 5.75. The fourth-order valence-corrected chi connectivity index (χ4v) is 1.97. The lowest BCUT2D eigenvalue weighted by molar-refractivity contribution is -0.137. The van der Waals surface area contributed by atoms with Crippen LogP contribution in [-0.4, -0.2) is 33.3 Å². The summed E-state index contributed by atoms with van der Waals surface area (Å²) in [5.74, 6) is -0.583. The molecule has 0 aliphatic heterocycles. The molecule has 1 aromatic rings. The van der Waals surface area contributed by atoms with Crippen molar-refractivity contribution in [2.24, 2.45) is 5.92 Å². The second-order valence-electron chi connectivity index (χ2n) is 4.89. The first kappa shape index (κ1) is 13.4. The summed E-state index contributed by atoms with van der Waals surface area (Å²) in [6, 6.07) is -0.610. The van der Waals surface area contributed by atoms with Crippen LogP contribution >= 0.6 is 0 Å². The SMILES string of the molecule is Cc1[nH]ncc1CNC(=O)NC(CC(=O)O)C1CC1. The molecule has 2 amide bonds. The largest absolute Gasteiger partial charge is 0.481 e. The molecule has 1 aromatic heterocycles. The third-order valence-corrected chi connectivity index (χ3v) is 3.28. The number of urea groups is 1. The molecule has 2 rings (SSSR count). The zero-order chi connectivity index (χ0) is 13.8. The molecule has 1 atom stereocenters. The summed E-state index contributed by atoms with van der Waals surface area (Å²) < 4.78 is 0. The Kier molecular flexibility index (Phi) is 4.03. The van der Waals surface area contributed by atoms with Crippen molar-refractivity contribution >= 4 is 12.0 Å². The first-order chi connectivity index (χ1) is 9.06. The van der Waals surface area contributed by atoms with E-state index >= 15 is 0 Å². The van der Waals surface area contributed by atoms with Crippen LogP contribution in [0, 0.1) is 12.8 Å². The van der Waals surface area contributed by atoms with Gasteiger partial charge >= 0.3 is 12.0 Å². The smallest absolute Gasteiger partial charge is 0.315 e. The number of aromatic nitrogens is 2. The lowest BCUT2D eigenvalue weighted by Crippen LogP contribution is -2.43. The maximum absolute atomic E-state index is 11.7. The van der Waals surface area contributed by atoms with Gasteiger partial charge in [-0.25, -0.2) is 4.79 Å². The minimum Gasteiger partial charge on any atom is -0.481 e. The Morgan fingerprint density at radius 3 is 2.84 bits per heavy atom. The lowest BCUT2D eigenvalue weighted by Gasteiger charge is -2.16. The van der Waals surface area contributed by atoms with E-state index in [9.17, 15) is 9.59 Å². The van der Waals surface area contributed by atoms with Gasteiger partial charge in [0.25, 0.3) is 0 Å². The highest BCUT2D eigenvalue weighted by Gasteiger charge is 2.33. The van der Waals surface area contributed by atoms with Gasteiger partial charge in [-0.05, 0) is 25.7 Å². The van der Waals surface area contributed by atoms with Gasteiger partial charge in [-0.2, -0.15) is 5.10 Å². The minimum absolute atomic E-state index is 0.0250. The number of carbonyl (C=O) groups is 2. The molecular weight excluding hydrogens is 248 g/mol. The van der Waals surface area contributed by atoms with E-state index in [1.54, 1.807) is 6.20 Å². The van der Waals surface area contributed by atoms with Crippen molar-refractivity contribution in [3.8, 4) is 0 Å². The number of carboxylic acids is 1. The monoisotopic (exact) mass is 266 g/mol. The highest BCUT2D eigenvalue weighted by Crippen LogP contribution is 2.33. The van der Waals surface area contributed by atoms with Crippen molar-refractivity contribution in [3.05, 3.63) is 17.5 Å². The van der Waals surface area contributed by atoms with Crippen LogP contribution in [0.15, 0.2) is 6.20 Å². The van der Waals surface area contributed by atoms with Crippen molar-refractivity contribution in [1.29, 1.82) is 0 Å². The average Bonchev–Trinajstić information content (AvgIpc) is 3.10. The van der Waals surface area contributed by atoms with E-state index in [2.05, 4.69) is 20.8 Å². The third-order valence-electron chi connectivity index (χ3n) is 3.28. The van der Waals surface area contributed by atoms with Crippen molar-refractivity contribution in [2.75, 3.05) is 0 Å².